The molecule has 0 saturated carbocycles. The van der Waals surface area contributed by atoms with Crippen LogP contribution in [-0.4, -0.2) is 14.8 Å². The van der Waals surface area contributed by atoms with E-state index >= 15 is 0 Å². The average molecular weight is 234 g/mol. The van der Waals surface area contributed by atoms with Crippen molar-refractivity contribution in [3.63, 3.8) is 0 Å². The lowest BCUT2D eigenvalue weighted by molar-refractivity contribution is 0.448. The molecular weight excluding hydrogens is 216 g/mol. The van der Waals surface area contributed by atoms with Gasteiger partial charge in [-0.3, -0.25) is 4.68 Å². The van der Waals surface area contributed by atoms with E-state index in [-0.39, 0.29) is 0 Å². The summed E-state index contributed by atoms with van der Waals surface area (Å²) in [5.41, 5.74) is 2.13. The van der Waals surface area contributed by atoms with Crippen molar-refractivity contribution >= 4 is 0 Å². The van der Waals surface area contributed by atoms with Gasteiger partial charge in [-0.15, -0.1) is 0 Å². The summed E-state index contributed by atoms with van der Waals surface area (Å²) in [6.07, 6.45) is 3.92. The first-order valence-electron chi connectivity index (χ1n) is 5.84. The molecule has 17 heavy (non-hydrogen) atoms. The molecule has 1 N–H and O–H groups in total. The molecule has 0 amide bonds. The van der Waals surface area contributed by atoms with Crippen molar-refractivity contribution in [2.75, 3.05) is 0 Å². The Labute approximate surface area is 101 Å². The van der Waals surface area contributed by atoms with Crippen LogP contribution in [0.5, 0.6) is 0 Å². The fraction of sp³-hybridized carbons (Fsp3) is 0.500. The summed E-state index contributed by atoms with van der Waals surface area (Å²) in [4.78, 5) is 4.31. The molecule has 0 bridgehead atoms. The molecule has 0 radical (unpaired) electrons. The molecule has 5 nitrogen and oxygen atoms in total. The predicted octanol–water partition coefficient (Wildman–Crippen LogP) is 1.80. The highest BCUT2D eigenvalue weighted by molar-refractivity contribution is 5.06. The maximum Gasteiger partial charge on any atom is 0.208 e. The highest BCUT2D eigenvalue weighted by Crippen LogP contribution is 2.08. The normalized spacial score (nSPS) is 11.0. The SMILES string of the molecule is CCn1cc(CNCc2nc(C)c(C)o2)cn1. The first kappa shape index (κ1) is 11.9. The Hall–Kier alpha value is -1.62. The topological polar surface area (TPSA) is 55.9 Å². The van der Waals surface area contributed by atoms with Gasteiger partial charge in [-0.25, -0.2) is 4.98 Å². The molecule has 5 heteroatoms. The highest BCUT2D eigenvalue weighted by Gasteiger charge is 2.05. The Morgan fingerprint density at radius 2 is 2.18 bits per heavy atom. The molecule has 92 valence electrons. The van der Waals surface area contributed by atoms with Crippen LogP contribution in [0.25, 0.3) is 0 Å². The quantitative estimate of drug-likeness (QED) is 0.857. The molecule has 0 aliphatic rings. The maximum absolute atomic E-state index is 5.48. The van der Waals surface area contributed by atoms with Crippen molar-refractivity contribution in [3.8, 4) is 0 Å². The van der Waals surface area contributed by atoms with Crippen LogP contribution in [0.1, 0.15) is 29.8 Å². The van der Waals surface area contributed by atoms with Crippen molar-refractivity contribution in [2.24, 2.45) is 0 Å². The first-order valence-corrected chi connectivity index (χ1v) is 5.84. The van der Waals surface area contributed by atoms with Gasteiger partial charge in [0.05, 0.1) is 18.4 Å². The molecule has 2 heterocycles. The van der Waals surface area contributed by atoms with Crippen molar-refractivity contribution in [2.45, 2.75) is 40.4 Å². The molecule has 0 aliphatic heterocycles. The van der Waals surface area contributed by atoms with E-state index in [1.807, 2.05) is 30.9 Å². The summed E-state index contributed by atoms with van der Waals surface area (Å²) in [5.74, 6) is 1.63. The van der Waals surface area contributed by atoms with Crippen LogP contribution in [0, 0.1) is 13.8 Å². The number of nitrogens with one attached hydrogen (secondary N) is 1. The molecule has 0 atom stereocenters. The molecule has 0 aliphatic carbocycles. The highest BCUT2D eigenvalue weighted by atomic mass is 16.4. The average Bonchev–Trinajstić information content (AvgIpc) is 2.87. The Balaban J connectivity index is 1.83. The number of aromatic nitrogens is 3. The van der Waals surface area contributed by atoms with E-state index < -0.39 is 0 Å². The third kappa shape index (κ3) is 2.94. The maximum atomic E-state index is 5.48. The van der Waals surface area contributed by atoms with Gasteiger partial charge in [0.15, 0.2) is 0 Å². The van der Waals surface area contributed by atoms with Gasteiger partial charge in [0.1, 0.15) is 5.76 Å². The smallest absolute Gasteiger partial charge is 0.208 e. The molecule has 2 rings (SSSR count). The summed E-state index contributed by atoms with van der Waals surface area (Å²) in [7, 11) is 0. The third-order valence-corrected chi connectivity index (χ3v) is 2.69. The predicted molar refractivity (Wildman–Crippen MR) is 64.4 cm³/mol. The number of aryl methyl sites for hydroxylation is 3. The zero-order valence-electron chi connectivity index (χ0n) is 10.5. The minimum Gasteiger partial charge on any atom is -0.444 e. The standard InChI is InChI=1S/C12H18N4O/c1-4-16-8-11(6-14-16)5-13-7-12-15-9(2)10(3)17-12/h6,8,13H,4-5,7H2,1-3H3. The monoisotopic (exact) mass is 234 g/mol. The second-order valence-electron chi connectivity index (χ2n) is 4.06. The van der Waals surface area contributed by atoms with Crippen LogP contribution in [0.3, 0.4) is 0 Å². The lowest BCUT2D eigenvalue weighted by Crippen LogP contribution is -2.12. The molecule has 0 unspecified atom stereocenters. The minimum atomic E-state index is 0.645. The molecule has 0 saturated heterocycles. The van der Waals surface area contributed by atoms with E-state index in [2.05, 4.69) is 22.3 Å². The van der Waals surface area contributed by atoms with Gasteiger partial charge in [0.2, 0.25) is 5.89 Å². The lowest BCUT2D eigenvalue weighted by atomic mass is 10.3. The Bertz CT molecular complexity index is 467. The molecule has 0 fully saturated rings. The summed E-state index contributed by atoms with van der Waals surface area (Å²) in [6.45, 7) is 8.28. The van der Waals surface area contributed by atoms with Crippen molar-refractivity contribution in [1.82, 2.24) is 20.1 Å². The second-order valence-corrected chi connectivity index (χ2v) is 4.06. The second kappa shape index (κ2) is 5.14. The number of oxazole rings is 1. The number of nitrogens with zero attached hydrogens (tertiary/aromatic N) is 3. The molecule has 0 spiro atoms. The van der Waals surface area contributed by atoms with Gasteiger partial charge in [0.25, 0.3) is 0 Å². The van der Waals surface area contributed by atoms with Gasteiger partial charge in [-0.1, -0.05) is 0 Å². The third-order valence-electron chi connectivity index (χ3n) is 2.69. The first-order chi connectivity index (χ1) is 8.19. The largest absolute Gasteiger partial charge is 0.444 e. The number of hydrogen-bond acceptors (Lipinski definition) is 4. The van der Waals surface area contributed by atoms with Crippen LogP contribution < -0.4 is 5.32 Å². The van der Waals surface area contributed by atoms with Crippen molar-refractivity contribution in [3.05, 3.63) is 35.3 Å². The van der Waals surface area contributed by atoms with E-state index in [1.165, 1.54) is 5.56 Å². The fourth-order valence-electron chi connectivity index (χ4n) is 1.60. The molecule has 2 aromatic rings. The zero-order valence-corrected chi connectivity index (χ0v) is 10.5. The van der Waals surface area contributed by atoms with Gasteiger partial charge >= 0.3 is 0 Å². The van der Waals surface area contributed by atoms with Crippen molar-refractivity contribution in [1.29, 1.82) is 0 Å². The van der Waals surface area contributed by atoms with E-state index in [1.54, 1.807) is 0 Å². The zero-order chi connectivity index (χ0) is 12.3. The van der Waals surface area contributed by atoms with E-state index in [0.29, 0.717) is 6.54 Å². The minimum absolute atomic E-state index is 0.645. The van der Waals surface area contributed by atoms with Crippen LogP contribution in [0.4, 0.5) is 0 Å². The van der Waals surface area contributed by atoms with Crippen molar-refractivity contribution < 1.29 is 4.42 Å². The van der Waals surface area contributed by atoms with Crippen LogP contribution >= 0.6 is 0 Å². The van der Waals surface area contributed by atoms with Crippen LogP contribution in [-0.2, 0) is 19.6 Å². The summed E-state index contributed by atoms with van der Waals surface area (Å²) in [5, 5.41) is 7.50. The van der Waals surface area contributed by atoms with E-state index in [4.69, 9.17) is 4.42 Å². The Morgan fingerprint density at radius 1 is 1.35 bits per heavy atom. The summed E-state index contributed by atoms with van der Waals surface area (Å²) in [6, 6.07) is 0. The van der Waals surface area contributed by atoms with Gasteiger partial charge in [-0.05, 0) is 20.8 Å². The van der Waals surface area contributed by atoms with E-state index in [9.17, 15) is 0 Å². The lowest BCUT2D eigenvalue weighted by Gasteiger charge is -1.98. The molecule has 0 aromatic carbocycles. The van der Waals surface area contributed by atoms with Gasteiger partial charge in [-0.2, -0.15) is 5.10 Å². The van der Waals surface area contributed by atoms with Crippen LogP contribution in [0.15, 0.2) is 16.8 Å². The van der Waals surface area contributed by atoms with Crippen LogP contribution in [0.2, 0.25) is 0 Å². The molecule has 2 aromatic heterocycles. The van der Waals surface area contributed by atoms with Gasteiger partial charge < -0.3 is 9.73 Å². The Kier molecular flexibility index (Phi) is 3.58. The Morgan fingerprint density at radius 3 is 2.76 bits per heavy atom. The number of rotatable bonds is 5. The molecular formula is C12H18N4O. The fourth-order valence-corrected chi connectivity index (χ4v) is 1.60. The van der Waals surface area contributed by atoms with E-state index in [0.717, 1.165) is 30.4 Å². The summed E-state index contributed by atoms with van der Waals surface area (Å²) < 4.78 is 7.40. The van der Waals surface area contributed by atoms with Gasteiger partial charge in [0, 0.05) is 24.8 Å². The number of hydrogen-bond donors (Lipinski definition) is 1. The summed E-state index contributed by atoms with van der Waals surface area (Å²) >= 11 is 0.